The Morgan fingerprint density at radius 1 is 1.44 bits per heavy atom. The fraction of sp³-hybridized carbons (Fsp3) is 0.857. The third-order valence-electron chi connectivity index (χ3n) is 2.04. The average molecular weight is 289 g/mol. The van der Waals surface area contributed by atoms with Crippen molar-refractivity contribution in [2.45, 2.75) is 26.2 Å². The first-order valence-corrected chi connectivity index (χ1v) is 12.5. The second-order valence-corrected chi connectivity index (χ2v) is 2.67. The van der Waals surface area contributed by atoms with Gasteiger partial charge in [-0.1, -0.05) is 32.1 Å². The molecule has 0 aromatic carbocycles. The average Bonchev–Trinajstić information content (AvgIpc) is 2.23. The Kier molecular flexibility index (Phi) is 7.00. The molecular weight excluding hydrogens is 276 g/mol. The van der Waals surface area contributed by atoms with Gasteiger partial charge in [0.25, 0.3) is 0 Å². The van der Waals surface area contributed by atoms with Crippen molar-refractivity contribution in [3.05, 3.63) is 6.92 Å². The molecule has 2 heteroatoms. The van der Waals surface area contributed by atoms with Crippen LogP contribution >= 0.6 is 19.8 Å². The molecule has 0 radical (unpaired) electrons. The van der Waals surface area contributed by atoms with Crippen molar-refractivity contribution in [3.8, 4) is 0 Å². The van der Waals surface area contributed by atoms with Gasteiger partial charge in [0.1, 0.15) is 0 Å². The molecule has 0 aliphatic heterocycles. The second kappa shape index (κ2) is 6.09. The van der Waals surface area contributed by atoms with E-state index in [2.05, 4.69) is 33.6 Å². The van der Waals surface area contributed by atoms with Crippen LogP contribution in [0.2, 0.25) is 0 Å². The van der Waals surface area contributed by atoms with E-state index < -0.39 is 0 Å². The van der Waals surface area contributed by atoms with Gasteiger partial charge in [0, 0.05) is 0 Å². The van der Waals surface area contributed by atoms with Gasteiger partial charge in [0.05, 0.1) is 0 Å². The molecule has 0 bridgehead atoms. The number of halogens is 1. The van der Waals surface area contributed by atoms with Crippen molar-refractivity contribution in [2.24, 2.45) is 11.8 Å². The van der Waals surface area contributed by atoms with Crippen LogP contribution in [0.3, 0.4) is 0 Å². The maximum atomic E-state index is 4.02. The summed E-state index contributed by atoms with van der Waals surface area (Å²) in [6.07, 6.45) is 4.19. The van der Waals surface area contributed by atoms with Gasteiger partial charge in [-0.15, -0.1) is 0 Å². The molecule has 0 N–H and O–H groups in total. The van der Waals surface area contributed by atoms with Gasteiger partial charge in [-0.2, -0.15) is 5.92 Å². The summed E-state index contributed by atoms with van der Waals surface area (Å²) < 4.78 is 0. The summed E-state index contributed by atoms with van der Waals surface area (Å²) in [6.45, 7) is 6.31. The summed E-state index contributed by atoms with van der Waals surface area (Å²) in [4.78, 5) is 0. The number of hydrogen-bond acceptors (Lipinski definition) is 0. The minimum absolute atomic E-state index is 0.764. The van der Waals surface area contributed by atoms with Crippen molar-refractivity contribution in [1.82, 2.24) is 0 Å². The van der Waals surface area contributed by atoms with Gasteiger partial charge in [0.2, 0.25) is 0 Å². The van der Waals surface area contributed by atoms with Crippen LogP contribution in [0.5, 0.6) is 0 Å². The molecule has 2 unspecified atom stereocenters. The predicted molar refractivity (Wildman–Crippen MR) is 45.9 cm³/mol. The number of rotatable bonds is 0. The first kappa shape index (κ1) is 10.4. The molecule has 0 amide bonds. The van der Waals surface area contributed by atoms with Gasteiger partial charge >= 0.3 is 34.5 Å². The van der Waals surface area contributed by atoms with Crippen LogP contribution in [0.15, 0.2) is 0 Å². The summed E-state index contributed by atoms with van der Waals surface area (Å²) in [5, 5.41) is 0. The molecule has 1 fully saturated rings. The summed E-state index contributed by atoms with van der Waals surface area (Å²) in [5.41, 5.74) is 0. The van der Waals surface area contributed by atoms with Crippen LogP contribution < -0.4 is 0 Å². The fourth-order valence-electron chi connectivity index (χ4n) is 1.22. The molecule has 0 nitrogen and oxygen atoms in total. The van der Waals surface area contributed by atoms with E-state index in [9.17, 15) is 0 Å². The van der Waals surface area contributed by atoms with Crippen LogP contribution in [-0.2, 0) is 14.8 Å². The molecule has 0 aromatic rings. The Balaban J connectivity index is 0.000000291. The van der Waals surface area contributed by atoms with E-state index in [0.717, 1.165) is 11.8 Å². The first-order valence-electron chi connectivity index (χ1n) is 3.40. The predicted octanol–water partition coefficient (Wildman–Crippen LogP) is 3.14. The van der Waals surface area contributed by atoms with Crippen molar-refractivity contribution in [3.63, 3.8) is 0 Å². The quantitative estimate of drug-likeness (QED) is 0.365. The number of hydrogen-bond donors (Lipinski definition) is 0. The van der Waals surface area contributed by atoms with Crippen molar-refractivity contribution in [1.29, 1.82) is 0 Å². The molecule has 9 heavy (non-hydrogen) atoms. The van der Waals surface area contributed by atoms with E-state index in [0.29, 0.717) is 0 Å². The zero-order valence-electron chi connectivity index (χ0n) is 6.07. The zero-order chi connectivity index (χ0) is 7.28. The van der Waals surface area contributed by atoms with E-state index >= 15 is 0 Å². The van der Waals surface area contributed by atoms with E-state index in [4.69, 9.17) is 0 Å². The molecule has 1 rings (SSSR count). The first-order chi connectivity index (χ1) is 4.30. The fourth-order valence-corrected chi connectivity index (χ4v) is 1.22. The molecule has 50 valence electrons. The topological polar surface area (TPSA) is 0 Å². The van der Waals surface area contributed by atoms with Gasteiger partial charge in [-0.25, -0.2) is 0 Å². The Morgan fingerprint density at radius 2 is 2.00 bits per heavy atom. The Morgan fingerprint density at radius 3 is 2.11 bits per heavy atom. The summed E-state index contributed by atoms with van der Waals surface area (Å²) in [7, 11) is 0. The Bertz CT molecular complexity index is 57.9. The molecule has 2 atom stereocenters. The van der Waals surface area contributed by atoms with Crippen molar-refractivity contribution >= 4 is 19.8 Å². The van der Waals surface area contributed by atoms with Crippen LogP contribution in [0, 0.1) is 18.8 Å². The van der Waals surface area contributed by atoms with Crippen LogP contribution in [0.4, 0.5) is 0 Å². The van der Waals surface area contributed by atoms with Gasteiger partial charge in [0.15, 0.2) is 0 Å². The van der Waals surface area contributed by atoms with Gasteiger partial charge in [-0.3, -0.25) is 0 Å². The third-order valence-corrected chi connectivity index (χ3v) is 2.04. The van der Waals surface area contributed by atoms with Crippen LogP contribution in [0.1, 0.15) is 26.2 Å². The summed E-state index contributed by atoms with van der Waals surface area (Å²) >= 11 is 3.62. The van der Waals surface area contributed by atoms with E-state index in [-0.39, 0.29) is 0 Å². The normalized spacial score (nSPS) is 33.4. The molecule has 1 aliphatic rings. The molecule has 1 aliphatic carbocycles. The van der Waals surface area contributed by atoms with E-state index in [1.807, 2.05) is 0 Å². The van der Waals surface area contributed by atoms with Crippen molar-refractivity contribution < 1.29 is 14.8 Å². The maximum absolute atomic E-state index is 4.02. The SMILES string of the molecule is [CH2-]C1CCCC1C.[Zn+][I]. The molecule has 0 spiro atoms. The standard InChI is InChI=1S/C7H13.HI.Zn/c1-6-4-3-5-7(6)2;;/h6-7H,1,3-5H2,2H3;1H;/q-1;;+2/p-1. The molecule has 1 saturated carbocycles. The monoisotopic (exact) mass is 288 g/mol. The summed E-state index contributed by atoms with van der Waals surface area (Å²) in [5.74, 6) is 1.67. The molecular formula is C7H13IZn. The Labute approximate surface area is 79.0 Å². The minimum atomic E-state index is 0.764. The molecule has 0 heterocycles. The van der Waals surface area contributed by atoms with Crippen molar-refractivity contribution in [2.75, 3.05) is 0 Å². The molecule has 0 saturated heterocycles. The zero-order valence-corrected chi connectivity index (χ0v) is 11.2. The van der Waals surface area contributed by atoms with Crippen LogP contribution in [0.25, 0.3) is 0 Å². The Hall–Kier alpha value is 1.35. The summed E-state index contributed by atoms with van der Waals surface area (Å²) in [6, 6.07) is 0. The second-order valence-electron chi connectivity index (χ2n) is 2.67. The third kappa shape index (κ3) is 3.92. The molecule has 0 aromatic heterocycles. The van der Waals surface area contributed by atoms with E-state index in [1.165, 1.54) is 34.1 Å². The van der Waals surface area contributed by atoms with Gasteiger partial charge in [-0.05, 0) is 0 Å². The van der Waals surface area contributed by atoms with Crippen LogP contribution in [-0.4, -0.2) is 0 Å². The van der Waals surface area contributed by atoms with Gasteiger partial charge < -0.3 is 6.92 Å². The van der Waals surface area contributed by atoms with E-state index in [1.54, 1.807) is 0 Å².